The number of hydrogen-bond donors (Lipinski definition) is 0. The van der Waals surface area contributed by atoms with Gasteiger partial charge in [-0.05, 0) is 81.1 Å². The maximum atomic E-state index is 5.08. The molecule has 1 aromatic heterocycles. The van der Waals surface area contributed by atoms with Crippen LogP contribution in [0, 0.1) is 0 Å². The molecule has 0 atom stereocenters. The van der Waals surface area contributed by atoms with Crippen molar-refractivity contribution in [3.05, 3.63) is 108 Å². The van der Waals surface area contributed by atoms with E-state index in [-0.39, 0.29) is 0 Å². The lowest BCUT2D eigenvalue weighted by Gasteiger charge is -2.16. The summed E-state index contributed by atoms with van der Waals surface area (Å²) in [6.07, 6.45) is 21.2. The molecule has 1 heterocycles. The number of rotatable bonds is 11. The zero-order valence-electron chi connectivity index (χ0n) is 21.2. The summed E-state index contributed by atoms with van der Waals surface area (Å²) in [7, 11) is 0. The Morgan fingerprint density at radius 3 is 2.39 bits per heavy atom. The Kier molecular flexibility index (Phi) is 10.8. The summed E-state index contributed by atoms with van der Waals surface area (Å²) >= 11 is 0. The Morgan fingerprint density at radius 1 is 1.06 bits per heavy atom. The maximum absolute atomic E-state index is 5.08. The summed E-state index contributed by atoms with van der Waals surface area (Å²) in [6.45, 7) is 21.6. The lowest BCUT2D eigenvalue weighted by atomic mass is 9.94. The number of pyridine rings is 1. The summed E-state index contributed by atoms with van der Waals surface area (Å²) in [5, 5.41) is 0. The third-order valence-electron chi connectivity index (χ3n) is 5.85. The van der Waals surface area contributed by atoms with Crippen LogP contribution >= 0.6 is 0 Å². The normalized spacial score (nSPS) is 15.3. The second-order valence-electron chi connectivity index (χ2n) is 8.50. The molecule has 0 saturated heterocycles. The van der Waals surface area contributed by atoms with E-state index in [1.165, 1.54) is 11.1 Å². The molecule has 0 fully saturated rings. The van der Waals surface area contributed by atoms with Gasteiger partial charge in [0.15, 0.2) is 0 Å². The second kappa shape index (κ2) is 13.5. The molecule has 0 aliphatic heterocycles. The Bertz CT molecular complexity index is 1020. The van der Waals surface area contributed by atoms with Crippen molar-refractivity contribution in [1.82, 2.24) is 9.88 Å². The molecule has 0 unspecified atom stereocenters. The molecular weight excluding hydrogens is 400 g/mol. The average molecular weight is 441 g/mol. The highest BCUT2D eigenvalue weighted by atomic mass is 15.1. The van der Waals surface area contributed by atoms with Crippen molar-refractivity contribution in [3.63, 3.8) is 0 Å². The summed E-state index contributed by atoms with van der Waals surface area (Å²) < 4.78 is 0. The Hall–Kier alpha value is -2.97. The zero-order chi connectivity index (χ0) is 24.2. The fourth-order valence-corrected chi connectivity index (χ4v) is 3.71. The van der Waals surface area contributed by atoms with Crippen LogP contribution in [0.25, 0.3) is 16.7 Å². The monoisotopic (exact) mass is 440 g/mol. The first-order valence-electron chi connectivity index (χ1n) is 12.0. The number of likely N-dealkylation sites (N-methyl/N-ethyl adjacent to an activating group) is 1. The van der Waals surface area contributed by atoms with E-state index in [1.54, 1.807) is 0 Å². The van der Waals surface area contributed by atoms with Crippen molar-refractivity contribution in [2.75, 3.05) is 19.6 Å². The Morgan fingerprint density at radius 2 is 1.82 bits per heavy atom. The highest BCUT2D eigenvalue weighted by Crippen LogP contribution is 2.30. The van der Waals surface area contributed by atoms with Crippen molar-refractivity contribution >= 4 is 16.7 Å². The highest BCUT2D eigenvalue weighted by molar-refractivity contribution is 5.82. The van der Waals surface area contributed by atoms with Crippen molar-refractivity contribution < 1.29 is 0 Å². The van der Waals surface area contributed by atoms with E-state index < -0.39 is 0 Å². The summed E-state index contributed by atoms with van der Waals surface area (Å²) in [5.74, 6) is 0. The Balaban J connectivity index is 2.58. The molecular formula is C31H40N2. The van der Waals surface area contributed by atoms with Crippen LogP contribution in [0.1, 0.15) is 64.4 Å². The third-order valence-corrected chi connectivity index (χ3v) is 5.85. The minimum Gasteiger partial charge on any atom is -0.300 e. The predicted molar refractivity (Wildman–Crippen MR) is 148 cm³/mol. The number of aromatic nitrogens is 1. The van der Waals surface area contributed by atoms with Gasteiger partial charge in [-0.1, -0.05) is 92.8 Å². The van der Waals surface area contributed by atoms with Crippen LogP contribution in [0.3, 0.4) is 0 Å². The van der Waals surface area contributed by atoms with E-state index in [4.69, 9.17) is 4.98 Å². The predicted octanol–water partition coefficient (Wildman–Crippen LogP) is 8.21. The molecule has 174 valence electrons. The van der Waals surface area contributed by atoms with Crippen LogP contribution in [-0.2, 0) is 0 Å². The zero-order valence-corrected chi connectivity index (χ0v) is 21.2. The lowest BCUT2D eigenvalue weighted by Crippen LogP contribution is -2.22. The molecule has 2 nitrogen and oxygen atoms in total. The molecule has 0 amide bonds. The van der Waals surface area contributed by atoms with Gasteiger partial charge < -0.3 is 4.90 Å². The molecule has 0 N–H and O–H groups in total. The summed E-state index contributed by atoms with van der Waals surface area (Å²) in [5.41, 5.74) is 9.13. The first-order valence-corrected chi connectivity index (χ1v) is 12.0. The van der Waals surface area contributed by atoms with Crippen molar-refractivity contribution in [2.24, 2.45) is 0 Å². The van der Waals surface area contributed by atoms with E-state index >= 15 is 0 Å². The second-order valence-corrected chi connectivity index (χ2v) is 8.50. The Labute approximate surface area is 201 Å². The van der Waals surface area contributed by atoms with Gasteiger partial charge in [-0.2, -0.15) is 0 Å². The summed E-state index contributed by atoms with van der Waals surface area (Å²) in [4.78, 5) is 7.47. The van der Waals surface area contributed by atoms with Gasteiger partial charge in [-0.3, -0.25) is 0 Å². The van der Waals surface area contributed by atoms with Crippen LogP contribution in [-0.4, -0.2) is 29.5 Å². The minimum atomic E-state index is 0.933. The fraction of sp³-hybridized carbons (Fsp3) is 0.323. The van der Waals surface area contributed by atoms with E-state index in [0.29, 0.717) is 0 Å². The average Bonchev–Trinajstić information content (AvgIpc) is 2.81. The molecule has 1 aliphatic carbocycles. The number of allylic oxidation sites excluding steroid dienone is 13. The van der Waals surface area contributed by atoms with Gasteiger partial charge in [-0.15, -0.1) is 0 Å². The molecule has 33 heavy (non-hydrogen) atoms. The molecule has 0 saturated carbocycles. The SMILES string of the molecule is C=C/C=C(\C=C/CN(CC)CC)c1cc(C2=CC=C(C)CC2)nc(C(/C=C\C(=C)C)=C/C)c1. The van der Waals surface area contributed by atoms with Gasteiger partial charge in [0.25, 0.3) is 0 Å². The van der Waals surface area contributed by atoms with Crippen LogP contribution in [0.5, 0.6) is 0 Å². The maximum Gasteiger partial charge on any atom is 0.0712 e. The van der Waals surface area contributed by atoms with Crippen LogP contribution in [0.15, 0.2) is 91.1 Å². The topological polar surface area (TPSA) is 16.1 Å². The fourth-order valence-electron chi connectivity index (χ4n) is 3.71. The van der Waals surface area contributed by atoms with Crippen molar-refractivity contribution in [3.8, 4) is 0 Å². The third kappa shape index (κ3) is 8.14. The number of hydrogen-bond acceptors (Lipinski definition) is 2. The van der Waals surface area contributed by atoms with Gasteiger partial charge in [0.1, 0.15) is 0 Å². The molecule has 0 spiro atoms. The summed E-state index contributed by atoms with van der Waals surface area (Å²) in [6, 6.07) is 4.40. The van der Waals surface area contributed by atoms with E-state index in [1.807, 2.05) is 19.1 Å². The first-order chi connectivity index (χ1) is 15.9. The molecule has 2 rings (SSSR count). The highest BCUT2D eigenvalue weighted by Gasteiger charge is 2.13. The van der Waals surface area contributed by atoms with Crippen molar-refractivity contribution in [1.29, 1.82) is 0 Å². The van der Waals surface area contributed by atoms with Gasteiger partial charge in [0, 0.05) is 6.54 Å². The quantitative estimate of drug-likeness (QED) is 0.322. The van der Waals surface area contributed by atoms with Gasteiger partial charge in [0.05, 0.1) is 11.4 Å². The van der Waals surface area contributed by atoms with Gasteiger partial charge >= 0.3 is 0 Å². The van der Waals surface area contributed by atoms with Crippen LogP contribution in [0.2, 0.25) is 0 Å². The smallest absolute Gasteiger partial charge is 0.0712 e. The van der Waals surface area contributed by atoms with E-state index in [2.05, 4.69) is 100 Å². The first kappa shape index (κ1) is 26.3. The lowest BCUT2D eigenvalue weighted by molar-refractivity contribution is 0.337. The van der Waals surface area contributed by atoms with Crippen LogP contribution in [0.4, 0.5) is 0 Å². The largest absolute Gasteiger partial charge is 0.300 e. The molecule has 1 aromatic rings. The molecule has 0 radical (unpaired) electrons. The van der Waals surface area contributed by atoms with E-state index in [9.17, 15) is 0 Å². The molecule has 0 aromatic carbocycles. The van der Waals surface area contributed by atoms with Gasteiger partial charge in [-0.25, -0.2) is 4.98 Å². The standard InChI is InChI=1S/C31H40N2/c1-8-13-27(14-12-21-33(10-3)11-4)29-22-30(26(9-2)18-15-24(5)6)32-31(23-29)28-19-16-25(7)17-20-28/h8-9,12-16,18-19,22-23H,1,5,10-11,17,20-21H2,2-4,6-7H3/b14-12-,18-15-,26-9+,27-13+. The van der Waals surface area contributed by atoms with Crippen molar-refractivity contribution in [2.45, 2.75) is 47.5 Å². The number of nitrogens with zero attached hydrogens (tertiary/aromatic N) is 2. The molecule has 1 aliphatic rings. The van der Waals surface area contributed by atoms with Gasteiger partial charge in [0.2, 0.25) is 0 Å². The molecule has 0 bridgehead atoms. The minimum absolute atomic E-state index is 0.933. The molecule has 2 heteroatoms. The van der Waals surface area contributed by atoms with Crippen LogP contribution < -0.4 is 0 Å². The van der Waals surface area contributed by atoms with E-state index in [0.717, 1.165) is 66.1 Å².